The third-order valence-corrected chi connectivity index (χ3v) is 5.71. The van der Waals surface area contributed by atoms with Crippen LogP contribution in [0.15, 0.2) is 53.5 Å². The van der Waals surface area contributed by atoms with Gasteiger partial charge in [0.05, 0.1) is 25.0 Å². The Morgan fingerprint density at radius 2 is 1.69 bits per heavy atom. The Morgan fingerprint density at radius 1 is 1.00 bits per heavy atom. The van der Waals surface area contributed by atoms with E-state index in [-0.39, 0.29) is 11.1 Å². The van der Waals surface area contributed by atoms with Crippen LogP contribution in [0.25, 0.3) is 11.3 Å². The van der Waals surface area contributed by atoms with Crippen molar-refractivity contribution in [2.75, 3.05) is 13.7 Å². The molecule has 8 nitrogen and oxygen atoms in total. The minimum Gasteiger partial charge on any atom is -0.493 e. The Labute approximate surface area is 209 Å². The second-order valence-corrected chi connectivity index (χ2v) is 8.51. The first-order chi connectivity index (χ1) is 17.3. The molecule has 0 amide bonds. The molecule has 0 saturated heterocycles. The van der Waals surface area contributed by atoms with Crippen molar-refractivity contribution in [3.63, 3.8) is 0 Å². The molecule has 0 fully saturated rings. The fourth-order valence-corrected chi connectivity index (χ4v) is 3.98. The quantitative estimate of drug-likeness (QED) is 0.429. The van der Waals surface area contributed by atoms with Crippen LogP contribution in [0.1, 0.15) is 58.5 Å². The molecule has 0 aliphatic carbocycles. The monoisotopic (exact) mass is 493 g/mol. The van der Waals surface area contributed by atoms with E-state index in [4.69, 9.17) is 14.6 Å². The highest BCUT2D eigenvalue weighted by molar-refractivity contribution is 5.88. The number of ether oxygens (including phenoxy) is 2. The van der Waals surface area contributed by atoms with Crippen molar-refractivity contribution >= 4 is 11.9 Å². The van der Waals surface area contributed by atoms with Gasteiger partial charge in [0.15, 0.2) is 16.9 Å². The first-order valence-electron chi connectivity index (χ1n) is 11.9. The standard InChI is InChI=1S/C25H23NO7.C3H8/c1-32-22-12-18-17(8-9-26-14-19(25(30)31)21(27)13-20(18)26)11-23(22)33-10-2-3-15-4-6-16(7-5-15)24(28)29;1-3-2/h4-7,11-14H,2-3,8-10H2,1H3,(H,28,29)(H,30,31);3H2,1-2H3. The first kappa shape index (κ1) is 26.5. The normalized spacial score (nSPS) is 11.4. The number of pyridine rings is 1. The molecular formula is C28H31NO7. The number of fused-ring (bicyclic) bond motifs is 3. The minimum absolute atomic E-state index is 0.244. The largest absolute Gasteiger partial charge is 0.493 e. The number of aryl methyl sites for hydroxylation is 3. The van der Waals surface area contributed by atoms with Crippen LogP contribution in [0.4, 0.5) is 0 Å². The smallest absolute Gasteiger partial charge is 0.341 e. The fourth-order valence-electron chi connectivity index (χ4n) is 3.98. The Kier molecular flexibility index (Phi) is 8.89. The molecule has 0 unspecified atom stereocenters. The summed E-state index contributed by atoms with van der Waals surface area (Å²) in [5.41, 5.74) is 2.99. The van der Waals surface area contributed by atoms with Crippen LogP contribution in [-0.2, 0) is 19.4 Å². The Morgan fingerprint density at radius 3 is 2.31 bits per heavy atom. The summed E-state index contributed by atoms with van der Waals surface area (Å²) in [4.78, 5) is 34.5. The molecule has 1 aromatic heterocycles. The lowest BCUT2D eigenvalue weighted by atomic mass is 9.96. The molecule has 0 atom stereocenters. The van der Waals surface area contributed by atoms with Crippen molar-refractivity contribution in [1.29, 1.82) is 0 Å². The second-order valence-electron chi connectivity index (χ2n) is 8.51. The number of methoxy groups -OCH3 is 1. The number of carbonyl (C=O) groups is 2. The van der Waals surface area contributed by atoms with Gasteiger partial charge in [0.25, 0.3) is 0 Å². The Hall–Kier alpha value is -4.07. The molecule has 0 spiro atoms. The van der Waals surface area contributed by atoms with Crippen molar-refractivity contribution in [1.82, 2.24) is 4.57 Å². The number of nitrogens with zero attached hydrogens (tertiary/aromatic N) is 1. The maximum Gasteiger partial charge on any atom is 0.341 e. The van der Waals surface area contributed by atoms with Crippen molar-refractivity contribution in [3.8, 4) is 22.8 Å². The number of aromatic nitrogens is 1. The lowest BCUT2D eigenvalue weighted by Gasteiger charge is -2.24. The number of aromatic carboxylic acids is 2. The van der Waals surface area contributed by atoms with Crippen molar-refractivity contribution in [2.45, 2.75) is 46.1 Å². The zero-order chi connectivity index (χ0) is 26.2. The van der Waals surface area contributed by atoms with Crippen LogP contribution < -0.4 is 14.9 Å². The molecule has 0 saturated carbocycles. The van der Waals surface area contributed by atoms with Crippen LogP contribution in [0.5, 0.6) is 11.5 Å². The highest BCUT2D eigenvalue weighted by atomic mass is 16.5. The van der Waals surface area contributed by atoms with Crippen LogP contribution >= 0.6 is 0 Å². The summed E-state index contributed by atoms with van der Waals surface area (Å²) in [6, 6.07) is 11.9. The lowest BCUT2D eigenvalue weighted by Crippen LogP contribution is -2.22. The molecule has 3 aromatic rings. The molecule has 2 heterocycles. The van der Waals surface area contributed by atoms with E-state index in [2.05, 4.69) is 13.8 Å². The predicted molar refractivity (Wildman–Crippen MR) is 137 cm³/mol. The van der Waals surface area contributed by atoms with E-state index in [1.165, 1.54) is 18.7 Å². The Balaban J connectivity index is 0.00000115. The number of carboxylic acids is 2. The first-order valence-corrected chi connectivity index (χ1v) is 11.9. The molecule has 1 aliphatic heterocycles. The van der Waals surface area contributed by atoms with E-state index >= 15 is 0 Å². The molecule has 4 rings (SSSR count). The van der Waals surface area contributed by atoms with E-state index in [9.17, 15) is 19.5 Å². The molecule has 190 valence electrons. The van der Waals surface area contributed by atoms with Gasteiger partial charge in [0.2, 0.25) is 0 Å². The molecule has 0 bridgehead atoms. The van der Waals surface area contributed by atoms with Gasteiger partial charge in [0, 0.05) is 24.4 Å². The predicted octanol–water partition coefficient (Wildman–Crippen LogP) is 4.90. The van der Waals surface area contributed by atoms with Crippen molar-refractivity contribution < 1.29 is 29.3 Å². The molecular weight excluding hydrogens is 462 g/mol. The Bertz CT molecular complexity index is 1290. The van der Waals surface area contributed by atoms with E-state index < -0.39 is 17.4 Å². The third kappa shape index (κ3) is 6.13. The van der Waals surface area contributed by atoms with Crippen LogP contribution in [0.3, 0.4) is 0 Å². The van der Waals surface area contributed by atoms with E-state index in [0.29, 0.717) is 36.8 Å². The summed E-state index contributed by atoms with van der Waals surface area (Å²) < 4.78 is 13.3. The summed E-state index contributed by atoms with van der Waals surface area (Å²) >= 11 is 0. The molecule has 1 aliphatic rings. The summed E-state index contributed by atoms with van der Waals surface area (Å²) in [6.07, 6.45) is 4.79. The highest BCUT2D eigenvalue weighted by Crippen LogP contribution is 2.38. The summed E-state index contributed by atoms with van der Waals surface area (Å²) in [6.45, 7) is 5.26. The average molecular weight is 494 g/mol. The zero-order valence-corrected chi connectivity index (χ0v) is 20.7. The van der Waals surface area contributed by atoms with Crippen LogP contribution in [0, 0.1) is 0 Å². The number of rotatable bonds is 8. The second kappa shape index (κ2) is 12.1. The maximum atomic E-state index is 12.2. The van der Waals surface area contributed by atoms with E-state index in [1.54, 1.807) is 35.9 Å². The van der Waals surface area contributed by atoms with E-state index in [0.717, 1.165) is 29.5 Å². The number of benzene rings is 2. The molecule has 0 radical (unpaired) electrons. The minimum atomic E-state index is -1.24. The van der Waals surface area contributed by atoms with Crippen LogP contribution in [-0.4, -0.2) is 40.4 Å². The van der Waals surface area contributed by atoms with Gasteiger partial charge in [-0.15, -0.1) is 0 Å². The number of hydrogen-bond acceptors (Lipinski definition) is 5. The van der Waals surface area contributed by atoms with Gasteiger partial charge in [-0.05, 0) is 54.7 Å². The molecule has 36 heavy (non-hydrogen) atoms. The number of hydrogen-bond donors (Lipinski definition) is 2. The van der Waals surface area contributed by atoms with Gasteiger partial charge in [-0.25, -0.2) is 9.59 Å². The third-order valence-electron chi connectivity index (χ3n) is 5.71. The average Bonchev–Trinajstić information content (AvgIpc) is 2.86. The summed E-state index contributed by atoms with van der Waals surface area (Å²) in [7, 11) is 1.54. The van der Waals surface area contributed by atoms with Gasteiger partial charge in [0.1, 0.15) is 5.56 Å². The van der Waals surface area contributed by atoms with Gasteiger partial charge in [-0.3, -0.25) is 4.79 Å². The zero-order valence-electron chi connectivity index (χ0n) is 20.7. The summed E-state index contributed by atoms with van der Waals surface area (Å²) in [5.74, 6) is -1.04. The molecule has 2 aromatic carbocycles. The van der Waals surface area contributed by atoms with Gasteiger partial charge in [-0.2, -0.15) is 0 Å². The van der Waals surface area contributed by atoms with Crippen LogP contribution in [0.2, 0.25) is 0 Å². The number of carboxylic acid groups (broad SMARTS) is 2. The maximum absolute atomic E-state index is 12.2. The van der Waals surface area contributed by atoms with Gasteiger partial charge in [-0.1, -0.05) is 32.4 Å². The fraction of sp³-hybridized carbons (Fsp3) is 0.321. The summed E-state index contributed by atoms with van der Waals surface area (Å²) in [5, 5.41) is 18.2. The van der Waals surface area contributed by atoms with Gasteiger partial charge < -0.3 is 24.3 Å². The SMILES string of the molecule is CCC.COc1cc2c(cc1OCCCc1ccc(C(=O)O)cc1)CCn1cc(C(=O)O)c(=O)cc1-2. The van der Waals surface area contributed by atoms with Crippen molar-refractivity contribution in [2.24, 2.45) is 0 Å². The van der Waals surface area contributed by atoms with Gasteiger partial charge >= 0.3 is 11.9 Å². The van der Waals surface area contributed by atoms with E-state index in [1.807, 2.05) is 12.1 Å². The topological polar surface area (TPSA) is 115 Å². The highest BCUT2D eigenvalue weighted by Gasteiger charge is 2.22. The molecule has 2 N–H and O–H groups in total. The molecule has 8 heteroatoms. The lowest BCUT2D eigenvalue weighted by molar-refractivity contribution is 0.0684. The van der Waals surface area contributed by atoms with Crippen molar-refractivity contribution in [3.05, 3.63) is 81.1 Å².